The molecule has 7 nitrogen and oxygen atoms in total. The number of methoxy groups -OCH3 is 2. The van der Waals surface area contributed by atoms with E-state index in [0.717, 1.165) is 0 Å². The average molecular weight is 379 g/mol. The number of benzene rings is 1. The first-order chi connectivity index (χ1) is 12.8. The van der Waals surface area contributed by atoms with Crippen molar-refractivity contribution in [3.05, 3.63) is 23.8 Å². The van der Waals surface area contributed by atoms with Gasteiger partial charge in [-0.05, 0) is 37.0 Å². The molecule has 1 aromatic rings. The molecule has 2 rings (SSSR count). The summed E-state index contributed by atoms with van der Waals surface area (Å²) in [5, 5.41) is 9.66. The second-order valence-electron chi connectivity index (χ2n) is 7.42. The molecule has 1 heterocycles. The van der Waals surface area contributed by atoms with Crippen LogP contribution >= 0.6 is 0 Å². The summed E-state index contributed by atoms with van der Waals surface area (Å²) in [7, 11) is 3.01. The number of piperidine rings is 1. The highest BCUT2D eigenvalue weighted by atomic mass is 16.5. The number of carbonyl (C=O) groups excluding carboxylic acids is 1. The van der Waals surface area contributed by atoms with Crippen molar-refractivity contribution in [2.45, 2.75) is 26.7 Å². The largest absolute Gasteiger partial charge is 0.493 e. The van der Waals surface area contributed by atoms with Crippen LogP contribution in [-0.4, -0.2) is 62.4 Å². The van der Waals surface area contributed by atoms with Gasteiger partial charge in [-0.1, -0.05) is 13.8 Å². The lowest BCUT2D eigenvalue weighted by Crippen LogP contribution is -2.52. The first kappa shape index (κ1) is 21.0. The van der Waals surface area contributed by atoms with Crippen LogP contribution in [0.4, 0.5) is 0 Å². The lowest BCUT2D eigenvalue weighted by Gasteiger charge is -2.39. The molecule has 0 saturated carbocycles. The summed E-state index contributed by atoms with van der Waals surface area (Å²) in [5.41, 5.74) is -0.616. The van der Waals surface area contributed by atoms with Crippen molar-refractivity contribution in [3.63, 3.8) is 0 Å². The molecule has 7 heteroatoms. The summed E-state index contributed by atoms with van der Waals surface area (Å²) in [4.78, 5) is 26.3. The van der Waals surface area contributed by atoms with Gasteiger partial charge in [0.1, 0.15) is 5.41 Å². The van der Waals surface area contributed by atoms with Gasteiger partial charge in [0.2, 0.25) is 0 Å². The van der Waals surface area contributed by atoms with Crippen LogP contribution in [0, 0.1) is 11.3 Å². The van der Waals surface area contributed by atoms with Crippen molar-refractivity contribution >= 4 is 11.9 Å². The fraction of sp³-hybridized carbons (Fsp3) is 0.600. The molecule has 1 N–H and O–H groups in total. The molecule has 27 heavy (non-hydrogen) atoms. The Bertz CT molecular complexity index is 670. The predicted octanol–water partition coefficient (Wildman–Crippen LogP) is 2.68. The Morgan fingerprint density at radius 1 is 1.26 bits per heavy atom. The number of carboxylic acid groups (broad SMARTS) is 1. The van der Waals surface area contributed by atoms with Crippen LogP contribution in [0.3, 0.4) is 0 Å². The van der Waals surface area contributed by atoms with Crippen LogP contribution < -0.4 is 9.47 Å². The molecule has 0 radical (unpaired) electrons. The van der Waals surface area contributed by atoms with E-state index in [-0.39, 0.29) is 19.1 Å². The maximum absolute atomic E-state index is 13.0. The maximum atomic E-state index is 13.0. The zero-order valence-corrected chi connectivity index (χ0v) is 16.5. The van der Waals surface area contributed by atoms with Crippen molar-refractivity contribution in [2.24, 2.45) is 11.3 Å². The van der Waals surface area contributed by atoms with Gasteiger partial charge in [0, 0.05) is 25.8 Å². The van der Waals surface area contributed by atoms with Gasteiger partial charge in [0.05, 0.1) is 20.3 Å². The highest BCUT2D eigenvalue weighted by Gasteiger charge is 2.44. The fourth-order valence-electron chi connectivity index (χ4n) is 3.29. The molecular weight excluding hydrogens is 350 g/mol. The van der Waals surface area contributed by atoms with E-state index in [2.05, 4.69) is 13.8 Å². The summed E-state index contributed by atoms with van der Waals surface area (Å²) >= 11 is 0. The topological polar surface area (TPSA) is 85.3 Å². The molecule has 1 aliphatic rings. The molecule has 1 amide bonds. The molecule has 1 atom stereocenters. The average Bonchev–Trinajstić information content (AvgIpc) is 2.65. The van der Waals surface area contributed by atoms with Gasteiger partial charge in [-0.15, -0.1) is 0 Å². The number of hydrogen-bond acceptors (Lipinski definition) is 5. The number of hydrogen-bond donors (Lipinski definition) is 1. The first-order valence-electron chi connectivity index (χ1n) is 9.15. The SMILES string of the molecule is COCC1(C(=O)O)CCCN(C(=O)c2ccc(OCC(C)C)c(OC)c2)C1. The Balaban J connectivity index is 2.20. The minimum Gasteiger partial charge on any atom is -0.493 e. The Hall–Kier alpha value is -2.28. The van der Waals surface area contributed by atoms with Crippen LogP contribution in [0.5, 0.6) is 11.5 Å². The minimum atomic E-state index is -1.06. The second-order valence-corrected chi connectivity index (χ2v) is 7.42. The van der Waals surface area contributed by atoms with E-state index in [1.807, 2.05) is 0 Å². The van der Waals surface area contributed by atoms with Crippen LogP contribution in [0.2, 0.25) is 0 Å². The molecule has 0 aliphatic carbocycles. The van der Waals surface area contributed by atoms with Crippen LogP contribution in [-0.2, 0) is 9.53 Å². The molecule has 1 aromatic carbocycles. The third-order valence-corrected chi connectivity index (χ3v) is 4.72. The number of carbonyl (C=O) groups is 2. The van der Waals surface area contributed by atoms with E-state index in [4.69, 9.17) is 14.2 Å². The number of amides is 1. The van der Waals surface area contributed by atoms with Gasteiger partial charge in [-0.3, -0.25) is 9.59 Å². The number of nitrogens with zero attached hydrogens (tertiary/aromatic N) is 1. The van der Waals surface area contributed by atoms with Crippen LogP contribution in [0.15, 0.2) is 18.2 Å². The zero-order valence-electron chi connectivity index (χ0n) is 16.5. The lowest BCUT2D eigenvalue weighted by molar-refractivity contribution is -0.155. The number of likely N-dealkylation sites (tertiary alicyclic amines) is 1. The van der Waals surface area contributed by atoms with E-state index >= 15 is 0 Å². The number of rotatable bonds is 8. The highest BCUT2D eigenvalue weighted by molar-refractivity contribution is 5.95. The Morgan fingerprint density at radius 2 is 2.00 bits per heavy atom. The van der Waals surface area contributed by atoms with Gasteiger partial charge in [0.25, 0.3) is 5.91 Å². The van der Waals surface area contributed by atoms with Crippen molar-refractivity contribution in [3.8, 4) is 11.5 Å². The Labute approximate surface area is 160 Å². The van der Waals surface area contributed by atoms with E-state index < -0.39 is 11.4 Å². The summed E-state index contributed by atoms with van der Waals surface area (Å²) in [6, 6.07) is 5.05. The van der Waals surface area contributed by atoms with Crippen molar-refractivity contribution < 1.29 is 28.9 Å². The second kappa shape index (κ2) is 9.08. The summed E-state index contributed by atoms with van der Waals surface area (Å²) in [5.74, 6) is 0.289. The molecular formula is C20H29NO6. The highest BCUT2D eigenvalue weighted by Crippen LogP contribution is 2.33. The lowest BCUT2D eigenvalue weighted by atomic mass is 9.80. The number of ether oxygens (including phenoxy) is 3. The molecule has 150 valence electrons. The molecule has 1 aliphatic heterocycles. The third kappa shape index (κ3) is 4.91. The third-order valence-electron chi connectivity index (χ3n) is 4.72. The minimum absolute atomic E-state index is 0.0808. The van der Waals surface area contributed by atoms with Crippen LogP contribution in [0.25, 0.3) is 0 Å². The molecule has 1 unspecified atom stereocenters. The van der Waals surface area contributed by atoms with Crippen molar-refractivity contribution in [1.82, 2.24) is 4.90 Å². The standard InChI is InChI=1S/C20H29NO6/c1-14(2)11-27-16-7-6-15(10-17(16)26-4)18(22)21-9-5-8-20(12-21,13-25-3)19(23)24/h6-7,10,14H,5,8-9,11-13H2,1-4H3,(H,23,24). The van der Waals surface area contributed by atoms with Gasteiger partial charge < -0.3 is 24.2 Å². The quantitative estimate of drug-likeness (QED) is 0.747. The van der Waals surface area contributed by atoms with E-state index in [1.165, 1.54) is 14.2 Å². The van der Waals surface area contributed by atoms with E-state index in [1.54, 1.807) is 23.1 Å². The molecule has 0 aromatic heterocycles. The summed E-state index contributed by atoms with van der Waals surface area (Å²) < 4.78 is 16.2. The van der Waals surface area contributed by atoms with Crippen molar-refractivity contribution in [2.75, 3.05) is 40.5 Å². The maximum Gasteiger partial charge on any atom is 0.313 e. The van der Waals surface area contributed by atoms with Gasteiger partial charge in [0.15, 0.2) is 11.5 Å². The normalized spacial score (nSPS) is 19.8. The monoisotopic (exact) mass is 379 g/mol. The first-order valence-corrected chi connectivity index (χ1v) is 9.15. The summed E-state index contributed by atoms with van der Waals surface area (Å²) in [6.07, 6.45) is 1.11. The van der Waals surface area contributed by atoms with Gasteiger partial charge >= 0.3 is 5.97 Å². The molecule has 1 saturated heterocycles. The van der Waals surface area contributed by atoms with E-state index in [0.29, 0.717) is 49.0 Å². The molecule has 0 spiro atoms. The zero-order chi connectivity index (χ0) is 20.0. The smallest absolute Gasteiger partial charge is 0.313 e. The van der Waals surface area contributed by atoms with Gasteiger partial charge in [-0.2, -0.15) is 0 Å². The summed E-state index contributed by atoms with van der Waals surface area (Å²) in [6.45, 7) is 5.38. The Kier molecular flexibility index (Phi) is 7.07. The van der Waals surface area contributed by atoms with Crippen molar-refractivity contribution in [1.29, 1.82) is 0 Å². The van der Waals surface area contributed by atoms with E-state index in [9.17, 15) is 14.7 Å². The molecule has 0 bridgehead atoms. The Morgan fingerprint density at radius 3 is 2.59 bits per heavy atom. The molecule has 1 fully saturated rings. The fourth-order valence-corrected chi connectivity index (χ4v) is 3.29. The van der Waals surface area contributed by atoms with Crippen LogP contribution in [0.1, 0.15) is 37.0 Å². The number of carboxylic acids is 1. The van der Waals surface area contributed by atoms with Gasteiger partial charge in [-0.25, -0.2) is 0 Å². The predicted molar refractivity (Wildman–Crippen MR) is 100 cm³/mol. The number of aliphatic carboxylic acids is 1.